The predicted octanol–water partition coefficient (Wildman–Crippen LogP) is 3.50. The van der Waals surface area contributed by atoms with Crippen LogP contribution in [0.3, 0.4) is 0 Å². The monoisotopic (exact) mass is 238 g/mol. The summed E-state index contributed by atoms with van der Waals surface area (Å²) in [5.41, 5.74) is -0.0884. The Balaban J connectivity index is 1.97. The molecule has 1 unspecified atom stereocenters. The van der Waals surface area contributed by atoms with Gasteiger partial charge in [-0.25, -0.2) is 0 Å². The van der Waals surface area contributed by atoms with Gasteiger partial charge in [0.05, 0.1) is 18.5 Å². The minimum absolute atomic E-state index is 0.303. The highest BCUT2D eigenvalue weighted by molar-refractivity contribution is 5.02. The highest BCUT2D eigenvalue weighted by Gasteiger charge is 2.41. The molecule has 1 heterocycles. The Hall–Kier alpha value is -0.500. The van der Waals surface area contributed by atoms with Gasteiger partial charge in [-0.1, -0.05) is 20.8 Å². The Labute approximate surface area is 105 Å². The fourth-order valence-electron chi connectivity index (χ4n) is 3.31. The van der Waals surface area contributed by atoms with E-state index in [0.29, 0.717) is 11.3 Å². The van der Waals surface area contributed by atoms with Crippen molar-refractivity contribution in [3.05, 3.63) is 12.3 Å². The van der Waals surface area contributed by atoms with Crippen molar-refractivity contribution in [2.75, 3.05) is 6.61 Å². The third-order valence-corrected chi connectivity index (χ3v) is 4.72. The Kier molecular flexibility index (Phi) is 3.53. The van der Waals surface area contributed by atoms with Crippen LogP contribution in [-0.2, 0) is 4.74 Å². The predicted molar refractivity (Wildman–Crippen MR) is 69.6 cm³/mol. The van der Waals surface area contributed by atoms with E-state index in [9.17, 15) is 5.11 Å². The summed E-state index contributed by atoms with van der Waals surface area (Å²) in [6.07, 6.45) is 9.00. The lowest BCUT2D eigenvalue weighted by Gasteiger charge is -2.44. The van der Waals surface area contributed by atoms with E-state index >= 15 is 0 Å². The van der Waals surface area contributed by atoms with E-state index in [1.54, 1.807) is 6.26 Å². The zero-order valence-electron chi connectivity index (χ0n) is 11.4. The fourth-order valence-corrected chi connectivity index (χ4v) is 3.31. The van der Waals surface area contributed by atoms with Crippen LogP contribution in [0.1, 0.15) is 52.9 Å². The zero-order valence-corrected chi connectivity index (χ0v) is 11.4. The molecule has 2 aliphatic rings. The van der Waals surface area contributed by atoms with Crippen LogP contribution in [0.25, 0.3) is 0 Å². The lowest BCUT2D eigenvalue weighted by Crippen LogP contribution is -2.43. The van der Waals surface area contributed by atoms with Crippen molar-refractivity contribution in [1.82, 2.24) is 0 Å². The summed E-state index contributed by atoms with van der Waals surface area (Å²) in [6.45, 7) is 7.70. The van der Waals surface area contributed by atoms with Crippen LogP contribution >= 0.6 is 0 Å². The molecule has 0 aromatic heterocycles. The average molecular weight is 238 g/mol. The average Bonchev–Trinajstić information content (AvgIpc) is 2.29. The van der Waals surface area contributed by atoms with Crippen LogP contribution in [0.2, 0.25) is 0 Å². The fraction of sp³-hybridized carbons (Fsp3) is 0.867. The quantitative estimate of drug-likeness (QED) is 0.757. The maximum Gasteiger partial charge on any atom is 0.0879 e. The summed E-state index contributed by atoms with van der Waals surface area (Å²) in [6, 6.07) is 0. The van der Waals surface area contributed by atoms with E-state index < -0.39 is 5.60 Å². The van der Waals surface area contributed by atoms with Crippen molar-refractivity contribution in [2.24, 2.45) is 17.3 Å². The number of aliphatic hydroxyl groups is 1. The number of ether oxygens (including phenoxy) is 1. The summed E-state index contributed by atoms with van der Waals surface area (Å²) in [4.78, 5) is 0. The van der Waals surface area contributed by atoms with Gasteiger partial charge < -0.3 is 9.84 Å². The van der Waals surface area contributed by atoms with Crippen molar-refractivity contribution < 1.29 is 9.84 Å². The molecule has 0 bridgehead atoms. The lowest BCUT2D eigenvalue weighted by atomic mass is 9.65. The first-order chi connectivity index (χ1) is 7.92. The van der Waals surface area contributed by atoms with E-state index in [0.717, 1.165) is 44.6 Å². The normalized spacial score (nSPS) is 38.8. The van der Waals surface area contributed by atoms with E-state index in [2.05, 4.69) is 26.8 Å². The summed E-state index contributed by atoms with van der Waals surface area (Å²) in [5, 5.41) is 10.8. The Morgan fingerprint density at radius 3 is 2.29 bits per heavy atom. The molecule has 2 nitrogen and oxygen atoms in total. The first-order valence-corrected chi connectivity index (χ1v) is 6.92. The summed E-state index contributed by atoms with van der Waals surface area (Å²) in [5.74, 6) is 1.06. The molecule has 0 spiro atoms. The largest absolute Gasteiger partial charge is 0.501 e. The topological polar surface area (TPSA) is 29.5 Å². The standard InChI is InChI=1S/C15H26O2/c1-14(2,3)12-4-8-15(16,9-5-12)13-6-10-17-11-7-13/h6,10,12-13,16H,4-5,7-9,11H2,1-3H3. The molecule has 2 heteroatoms. The van der Waals surface area contributed by atoms with Gasteiger partial charge in [0.1, 0.15) is 0 Å². The molecule has 0 aromatic carbocycles. The van der Waals surface area contributed by atoms with Crippen molar-refractivity contribution in [3.8, 4) is 0 Å². The zero-order chi connectivity index (χ0) is 12.5. The molecule has 1 aliphatic heterocycles. The van der Waals surface area contributed by atoms with Crippen molar-refractivity contribution >= 4 is 0 Å². The lowest BCUT2D eigenvalue weighted by molar-refractivity contribution is -0.0655. The van der Waals surface area contributed by atoms with Gasteiger partial charge >= 0.3 is 0 Å². The van der Waals surface area contributed by atoms with Gasteiger partial charge in [0.15, 0.2) is 0 Å². The summed E-state index contributed by atoms with van der Waals surface area (Å²) >= 11 is 0. The highest BCUT2D eigenvalue weighted by Crippen LogP contribution is 2.45. The second-order valence-corrected chi connectivity index (χ2v) is 6.84. The molecular weight excluding hydrogens is 212 g/mol. The molecule has 1 atom stereocenters. The molecule has 98 valence electrons. The number of hydrogen-bond donors (Lipinski definition) is 1. The van der Waals surface area contributed by atoms with Gasteiger partial charge in [-0.3, -0.25) is 0 Å². The molecule has 2 rings (SSSR count). The first-order valence-electron chi connectivity index (χ1n) is 6.92. The molecule has 17 heavy (non-hydrogen) atoms. The van der Waals surface area contributed by atoms with E-state index in [1.807, 2.05) is 0 Å². The van der Waals surface area contributed by atoms with Crippen LogP contribution in [-0.4, -0.2) is 17.3 Å². The van der Waals surface area contributed by atoms with Crippen LogP contribution in [0, 0.1) is 17.3 Å². The second-order valence-electron chi connectivity index (χ2n) is 6.84. The van der Waals surface area contributed by atoms with Gasteiger partial charge in [0, 0.05) is 5.92 Å². The maximum atomic E-state index is 10.8. The third kappa shape index (κ3) is 2.85. The third-order valence-electron chi connectivity index (χ3n) is 4.72. The molecule has 1 fully saturated rings. The Bertz CT molecular complexity index is 280. The van der Waals surface area contributed by atoms with Gasteiger partial charge in [-0.05, 0) is 49.5 Å². The number of hydrogen-bond acceptors (Lipinski definition) is 2. The molecule has 1 aliphatic carbocycles. The van der Waals surface area contributed by atoms with Crippen LogP contribution in [0.4, 0.5) is 0 Å². The smallest absolute Gasteiger partial charge is 0.0879 e. The van der Waals surface area contributed by atoms with E-state index in [1.165, 1.54) is 0 Å². The highest BCUT2D eigenvalue weighted by atomic mass is 16.5. The Morgan fingerprint density at radius 2 is 1.82 bits per heavy atom. The van der Waals surface area contributed by atoms with E-state index in [-0.39, 0.29) is 0 Å². The van der Waals surface area contributed by atoms with E-state index in [4.69, 9.17) is 4.74 Å². The maximum absolute atomic E-state index is 10.8. The second kappa shape index (κ2) is 4.64. The molecule has 0 aromatic rings. The van der Waals surface area contributed by atoms with Crippen molar-refractivity contribution in [3.63, 3.8) is 0 Å². The van der Waals surface area contributed by atoms with Crippen LogP contribution in [0.15, 0.2) is 12.3 Å². The molecular formula is C15H26O2. The van der Waals surface area contributed by atoms with Crippen molar-refractivity contribution in [2.45, 2.75) is 58.5 Å². The minimum atomic E-state index is -0.470. The molecule has 1 saturated carbocycles. The van der Waals surface area contributed by atoms with Gasteiger partial charge in [-0.2, -0.15) is 0 Å². The molecule has 0 saturated heterocycles. The van der Waals surface area contributed by atoms with Crippen molar-refractivity contribution in [1.29, 1.82) is 0 Å². The molecule has 0 amide bonds. The molecule has 0 radical (unpaired) electrons. The first kappa shape index (κ1) is 12.9. The SMILES string of the molecule is CC(C)(C)C1CCC(O)(C2C=COCC2)CC1. The summed E-state index contributed by atoms with van der Waals surface area (Å²) < 4.78 is 5.22. The minimum Gasteiger partial charge on any atom is -0.501 e. The number of rotatable bonds is 1. The van der Waals surface area contributed by atoms with Crippen LogP contribution in [0.5, 0.6) is 0 Å². The van der Waals surface area contributed by atoms with Gasteiger partial charge in [-0.15, -0.1) is 0 Å². The van der Waals surface area contributed by atoms with Gasteiger partial charge in [0.2, 0.25) is 0 Å². The van der Waals surface area contributed by atoms with Gasteiger partial charge in [0.25, 0.3) is 0 Å². The molecule has 1 N–H and O–H groups in total. The Morgan fingerprint density at radius 1 is 1.18 bits per heavy atom. The summed E-state index contributed by atoms with van der Waals surface area (Å²) in [7, 11) is 0. The van der Waals surface area contributed by atoms with Crippen LogP contribution < -0.4 is 0 Å².